The number of amides is 1. The van der Waals surface area contributed by atoms with Crippen LogP contribution in [0, 0.1) is 0 Å². The Labute approximate surface area is 148 Å². The monoisotopic (exact) mass is 341 g/mol. The van der Waals surface area contributed by atoms with Crippen molar-refractivity contribution in [1.82, 2.24) is 0 Å². The molecule has 0 heterocycles. The predicted octanol–water partition coefficient (Wildman–Crippen LogP) is 3.87. The number of Topliss-reactive ketones (excluding diaryl/α,β-unsaturated/α-hetero) is 1. The molecule has 0 saturated carbocycles. The van der Waals surface area contributed by atoms with Crippen molar-refractivity contribution in [3.05, 3.63) is 53.6 Å². The molecule has 0 radical (unpaired) electrons. The summed E-state index contributed by atoms with van der Waals surface area (Å²) in [6, 6.07) is 12.6. The van der Waals surface area contributed by atoms with Gasteiger partial charge in [-0.3, -0.25) is 9.59 Å². The maximum absolute atomic E-state index is 12.0. The number of carbonyl (C=O) groups is 2. The molecule has 5 heteroatoms. The van der Waals surface area contributed by atoms with E-state index in [-0.39, 0.29) is 18.3 Å². The Morgan fingerprint density at radius 2 is 1.76 bits per heavy atom. The highest BCUT2D eigenvalue weighted by Crippen LogP contribution is 2.28. The van der Waals surface area contributed by atoms with Crippen LogP contribution in [0.1, 0.15) is 36.2 Å². The molecule has 0 aliphatic rings. The molecule has 25 heavy (non-hydrogen) atoms. The van der Waals surface area contributed by atoms with Crippen LogP contribution in [-0.2, 0) is 11.2 Å². The summed E-state index contributed by atoms with van der Waals surface area (Å²) in [6.07, 6.45) is 2.11. The number of hydrogen-bond donors (Lipinski definition) is 1. The second-order valence-electron chi connectivity index (χ2n) is 5.71. The van der Waals surface area contributed by atoms with E-state index in [0.29, 0.717) is 17.1 Å². The van der Waals surface area contributed by atoms with Crippen molar-refractivity contribution in [2.24, 2.45) is 0 Å². The van der Waals surface area contributed by atoms with Gasteiger partial charge in [0, 0.05) is 11.3 Å². The van der Waals surface area contributed by atoms with Crippen LogP contribution in [0.5, 0.6) is 11.5 Å². The van der Waals surface area contributed by atoms with Gasteiger partial charge >= 0.3 is 0 Å². The highest BCUT2D eigenvalue weighted by Gasteiger charge is 2.10. The Balaban J connectivity index is 1.94. The van der Waals surface area contributed by atoms with Gasteiger partial charge in [-0.2, -0.15) is 0 Å². The quantitative estimate of drug-likeness (QED) is 0.740. The van der Waals surface area contributed by atoms with Gasteiger partial charge < -0.3 is 14.8 Å². The van der Waals surface area contributed by atoms with Gasteiger partial charge in [0.05, 0.1) is 7.11 Å². The van der Waals surface area contributed by atoms with Crippen molar-refractivity contribution < 1.29 is 19.1 Å². The molecule has 0 fully saturated rings. The van der Waals surface area contributed by atoms with Gasteiger partial charge in [0.2, 0.25) is 0 Å². The van der Waals surface area contributed by atoms with Crippen molar-refractivity contribution in [3.63, 3.8) is 0 Å². The molecular formula is C20H23NO4. The van der Waals surface area contributed by atoms with Crippen LogP contribution in [0.3, 0.4) is 0 Å². The van der Waals surface area contributed by atoms with Crippen molar-refractivity contribution in [2.45, 2.75) is 26.7 Å². The fourth-order valence-electron chi connectivity index (χ4n) is 2.39. The molecule has 2 aromatic carbocycles. The Kier molecular flexibility index (Phi) is 6.57. The van der Waals surface area contributed by atoms with Crippen molar-refractivity contribution in [3.8, 4) is 11.5 Å². The van der Waals surface area contributed by atoms with E-state index in [0.717, 1.165) is 18.5 Å². The number of aryl methyl sites for hydroxylation is 1. The van der Waals surface area contributed by atoms with E-state index < -0.39 is 0 Å². The third-order valence-corrected chi connectivity index (χ3v) is 3.71. The zero-order valence-electron chi connectivity index (χ0n) is 14.8. The van der Waals surface area contributed by atoms with E-state index in [2.05, 4.69) is 12.2 Å². The molecule has 0 saturated heterocycles. The average Bonchev–Trinajstić information content (AvgIpc) is 2.61. The minimum absolute atomic E-state index is 0.0610. The molecule has 0 aliphatic carbocycles. The number of rotatable bonds is 8. The average molecular weight is 341 g/mol. The lowest BCUT2D eigenvalue weighted by Gasteiger charge is -2.12. The number of hydrogen-bond acceptors (Lipinski definition) is 4. The Bertz CT molecular complexity index is 738. The highest BCUT2D eigenvalue weighted by molar-refractivity contribution is 5.95. The van der Waals surface area contributed by atoms with Crippen LogP contribution in [0.25, 0.3) is 0 Å². The number of carbonyl (C=O) groups excluding carboxylic acids is 2. The first-order valence-electron chi connectivity index (χ1n) is 8.24. The molecule has 5 nitrogen and oxygen atoms in total. The first-order chi connectivity index (χ1) is 12.0. The fourth-order valence-corrected chi connectivity index (χ4v) is 2.39. The summed E-state index contributed by atoms with van der Waals surface area (Å²) in [5.41, 5.74) is 2.50. The van der Waals surface area contributed by atoms with Gasteiger partial charge in [0.25, 0.3) is 5.91 Å². The SMILES string of the molecule is CCCc1ccc(NC(=O)COc2ccc(C(C)=O)cc2OC)cc1. The summed E-state index contributed by atoms with van der Waals surface area (Å²) in [7, 11) is 1.49. The Morgan fingerprint density at radius 1 is 1.04 bits per heavy atom. The number of methoxy groups -OCH3 is 1. The molecule has 1 amide bonds. The molecule has 2 rings (SSSR count). The molecule has 0 spiro atoms. The van der Waals surface area contributed by atoms with Crippen LogP contribution >= 0.6 is 0 Å². The molecular weight excluding hydrogens is 318 g/mol. The smallest absolute Gasteiger partial charge is 0.262 e. The highest BCUT2D eigenvalue weighted by atomic mass is 16.5. The Hall–Kier alpha value is -2.82. The van der Waals surface area contributed by atoms with Gasteiger partial charge in [-0.25, -0.2) is 0 Å². The number of ketones is 1. The minimum atomic E-state index is -0.263. The minimum Gasteiger partial charge on any atom is -0.493 e. The van der Waals surface area contributed by atoms with Crippen LogP contribution in [0.2, 0.25) is 0 Å². The van der Waals surface area contributed by atoms with Crippen LogP contribution in [0.15, 0.2) is 42.5 Å². The normalized spacial score (nSPS) is 10.2. The first kappa shape index (κ1) is 18.5. The van der Waals surface area contributed by atoms with Gasteiger partial charge in [-0.05, 0) is 49.2 Å². The van der Waals surface area contributed by atoms with E-state index in [4.69, 9.17) is 9.47 Å². The second kappa shape index (κ2) is 8.87. The lowest BCUT2D eigenvalue weighted by molar-refractivity contribution is -0.118. The van der Waals surface area contributed by atoms with Gasteiger partial charge in [-0.1, -0.05) is 25.5 Å². The van der Waals surface area contributed by atoms with Crippen LogP contribution in [0.4, 0.5) is 5.69 Å². The van der Waals surface area contributed by atoms with E-state index >= 15 is 0 Å². The molecule has 0 aromatic heterocycles. The molecule has 0 unspecified atom stereocenters. The van der Waals surface area contributed by atoms with E-state index in [1.807, 2.05) is 24.3 Å². The molecule has 2 aromatic rings. The third kappa shape index (κ3) is 5.35. The zero-order valence-corrected chi connectivity index (χ0v) is 14.8. The van der Waals surface area contributed by atoms with E-state index in [9.17, 15) is 9.59 Å². The lowest BCUT2D eigenvalue weighted by Crippen LogP contribution is -2.20. The van der Waals surface area contributed by atoms with Crippen molar-refractivity contribution in [2.75, 3.05) is 19.0 Å². The van der Waals surface area contributed by atoms with Gasteiger partial charge in [0.1, 0.15) is 0 Å². The van der Waals surface area contributed by atoms with Gasteiger partial charge in [-0.15, -0.1) is 0 Å². The van der Waals surface area contributed by atoms with E-state index in [1.54, 1.807) is 18.2 Å². The first-order valence-corrected chi connectivity index (χ1v) is 8.24. The third-order valence-electron chi connectivity index (χ3n) is 3.71. The Morgan fingerprint density at radius 3 is 2.36 bits per heavy atom. The lowest BCUT2D eigenvalue weighted by atomic mass is 10.1. The van der Waals surface area contributed by atoms with Gasteiger partial charge in [0.15, 0.2) is 23.9 Å². The summed E-state index contributed by atoms with van der Waals surface area (Å²) in [4.78, 5) is 23.4. The largest absolute Gasteiger partial charge is 0.493 e. The molecule has 1 N–H and O–H groups in total. The number of ether oxygens (including phenoxy) is 2. The van der Waals surface area contributed by atoms with E-state index in [1.165, 1.54) is 19.6 Å². The summed E-state index contributed by atoms with van der Waals surface area (Å²) >= 11 is 0. The number of anilines is 1. The zero-order chi connectivity index (χ0) is 18.2. The summed E-state index contributed by atoms with van der Waals surface area (Å²) in [5, 5.41) is 2.79. The summed E-state index contributed by atoms with van der Waals surface area (Å²) in [5.74, 6) is 0.514. The number of nitrogens with one attached hydrogen (secondary N) is 1. The molecule has 132 valence electrons. The molecule has 0 atom stereocenters. The molecule has 0 bridgehead atoms. The van der Waals surface area contributed by atoms with Crippen molar-refractivity contribution >= 4 is 17.4 Å². The fraction of sp³-hybridized carbons (Fsp3) is 0.300. The summed E-state index contributed by atoms with van der Waals surface area (Å²) in [6.45, 7) is 3.46. The van der Waals surface area contributed by atoms with Crippen LogP contribution < -0.4 is 14.8 Å². The summed E-state index contributed by atoms with van der Waals surface area (Å²) < 4.78 is 10.7. The van der Waals surface area contributed by atoms with Crippen molar-refractivity contribution in [1.29, 1.82) is 0 Å². The molecule has 0 aliphatic heterocycles. The van der Waals surface area contributed by atoms with Crippen LogP contribution in [-0.4, -0.2) is 25.4 Å². The standard InChI is InChI=1S/C20H23NO4/c1-4-5-15-6-9-17(10-7-15)21-20(23)13-25-18-11-8-16(14(2)22)12-19(18)24-3/h6-12H,4-5,13H2,1-3H3,(H,21,23). The topological polar surface area (TPSA) is 64.6 Å². The predicted molar refractivity (Wildman–Crippen MR) is 97.6 cm³/mol. The maximum atomic E-state index is 12.0. The second-order valence-corrected chi connectivity index (χ2v) is 5.71. The number of benzene rings is 2. The maximum Gasteiger partial charge on any atom is 0.262 e.